The summed E-state index contributed by atoms with van der Waals surface area (Å²) in [6, 6.07) is 8.52. The molecule has 4 heterocycles. The molecule has 42 heavy (non-hydrogen) atoms. The zero-order valence-corrected chi connectivity index (χ0v) is 24.1. The summed E-state index contributed by atoms with van der Waals surface area (Å²) >= 11 is 0. The number of aromatic nitrogens is 2. The zero-order chi connectivity index (χ0) is 29.4. The molecule has 3 aliphatic heterocycles. The van der Waals surface area contributed by atoms with Gasteiger partial charge in [0.25, 0.3) is 5.91 Å². The second-order valence-electron chi connectivity index (χ2n) is 11.8. The maximum absolute atomic E-state index is 13.8. The third-order valence-electron chi connectivity index (χ3n) is 9.24. The third kappa shape index (κ3) is 5.41. The molecule has 3 atom stereocenters. The standard InChI is InChI=1S/C31H38FN7O3/c1-20(32)30(41)39-16-15-38(17-22(39)10-12-33)29-24-11-14-37(26-7-3-5-21-8-9-27(40)28(21)26)18-25(24)34-31(35-29)42-19-23-6-4-13-36(23)2/h3,5,7,22-23,27,40H,1,4,6,8-11,13-19H2,2H3/t22-,23-,27-/m0/s1. The number of likely N-dealkylation sites (tertiary alicyclic amines) is 1. The first-order valence-corrected chi connectivity index (χ1v) is 14.9. The summed E-state index contributed by atoms with van der Waals surface area (Å²) in [4.78, 5) is 30.4. The van der Waals surface area contributed by atoms with Crippen molar-refractivity contribution in [2.75, 3.05) is 56.2 Å². The fourth-order valence-corrected chi connectivity index (χ4v) is 6.95. The molecular formula is C31H38FN7O3. The highest BCUT2D eigenvalue weighted by molar-refractivity contribution is 5.91. The molecule has 0 unspecified atom stereocenters. The van der Waals surface area contributed by atoms with E-state index in [-0.39, 0.29) is 13.0 Å². The number of aryl methyl sites for hydroxylation is 1. The van der Waals surface area contributed by atoms with Gasteiger partial charge in [-0.15, -0.1) is 0 Å². The molecule has 1 aromatic carbocycles. The number of aliphatic hydroxyl groups is 1. The van der Waals surface area contributed by atoms with Crippen LogP contribution in [0.2, 0.25) is 0 Å². The summed E-state index contributed by atoms with van der Waals surface area (Å²) in [5.74, 6) is -1.03. The molecule has 0 bridgehead atoms. The van der Waals surface area contributed by atoms with Crippen molar-refractivity contribution in [3.8, 4) is 12.1 Å². The molecule has 4 aliphatic rings. The number of carbonyl (C=O) groups is 1. The van der Waals surface area contributed by atoms with Crippen molar-refractivity contribution in [1.29, 1.82) is 5.26 Å². The number of hydrogen-bond donors (Lipinski definition) is 1. The minimum absolute atomic E-state index is 0.0788. The largest absolute Gasteiger partial charge is 0.462 e. The van der Waals surface area contributed by atoms with Crippen LogP contribution in [0, 0.1) is 11.3 Å². The highest BCUT2D eigenvalue weighted by atomic mass is 19.1. The van der Waals surface area contributed by atoms with E-state index in [1.165, 1.54) is 10.5 Å². The number of halogens is 1. The van der Waals surface area contributed by atoms with Crippen LogP contribution >= 0.6 is 0 Å². The van der Waals surface area contributed by atoms with Crippen LogP contribution in [0.5, 0.6) is 6.01 Å². The number of nitriles is 1. The maximum atomic E-state index is 13.8. The lowest BCUT2D eigenvalue weighted by molar-refractivity contribution is -0.131. The Morgan fingerprint density at radius 1 is 1.17 bits per heavy atom. The number of ether oxygens (including phenoxy) is 1. The number of carbonyl (C=O) groups excluding carboxylic acids is 1. The number of likely N-dealkylation sites (N-methyl/N-ethyl adjacent to an activating group) is 1. The van der Waals surface area contributed by atoms with Gasteiger partial charge in [-0.25, -0.2) is 4.39 Å². The lowest BCUT2D eigenvalue weighted by Crippen LogP contribution is -2.55. The van der Waals surface area contributed by atoms with Gasteiger partial charge >= 0.3 is 6.01 Å². The van der Waals surface area contributed by atoms with Crippen LogP contribution in [0.3, 0.4) is 0 Å². The highest BCUT2D eigenvalue weighted by Crippen LogP contribution is 2.40. The van der Waals surface area contributed by atoms with Crippen molar-refractivity contribution in [2.45, 2.75) is 63.3 Å². The van der Waals surface area contributed by atoms with Crippen molar-refractivity contribution >= 4 is 17.4 Å². The van der Waals surface area contributed by atoms with Gasteiger partial charge < -0.3 is 29.4 Å². The molecule has 11 heteroatoms. The quantitative estimate of drug-likeness (QED) is 0.499. The Bertz CT molecular complexity index is 1410. The van der Waals surface area contributed by atoms with Gasteiger partial charge in [0.15, 0.2) is 5.83 Å². The second kappa shape index (κ2) is 11.9. The molecule has 1 aliphatic carbocycles. The van der Waals surface area contributed by atoms with Crippen LogP contribution in [0.1, 0.15) is 54.2 Å². The van der Waals surface area contributed by atoms with Gasteiger partial charge in [-0.1, -0.05) is 18.7 Å². The minimum atomic E-state index is -1.02. The number of aliphatic hydroxyl groups excluding tert-OH is 1. The second-order valence-corrected chi connectivity index (χ2v) is 11.8. The number of benzene rings is 1. The number of amides is 1. The summed E-state index contributed by atoms with van der Waals surface area (Å²) in [5.41, 5.74) is 5.16. The average Bonchev–Trinajstić information content (AvgIpc) is 3.59. The fraction of sp³-hybridized carbons (Fsp3) is 0.548. The first kappa shape index (κ1) is 28.4. The van der Waals surface area contributed by atoms with E-state index in [1.54, 1.807) is 0 Å². The molecular weight excluding hydrogens is 537 g/mol. The van der Waals surface area contributed by atoms with Crippen LogP contribution in [0.25, 0.3) is 0 Å². The molecule has 0 radical (unpaired) electrons. The van der Waals surface area contributed by atoms with Gasteiger partial charge in [0.2, 0.25) is 0 Å². The monoisotopic (exact) mass is 575 g/mol. The van der Waals surface area contributed by atoms with E-state index in [0.717, 1.165) is 67.1 Å². The number of fused-ring (bicyclic) bond motifs is 2. The molecule has 2 saturated heterocycles. The summed E-state index contributed by atoms with van der Waals surface area (Å²) < 4.78 is 20.0. The Balaban J connectivity index is 1.31. The van der Waals surface area contributed by atoms with Crippen LogP contribution in [0.4, 0.5) is 15.9 Å². The Morgan fingerprint density at radius 3 is 2.79 bits per heavy atom. The van der Waals surface area contributed by atoms with E-state index in [9.17, 15) is 19.6 Å². The van der Waals surface area contributed by atoms with Gasteiger partial charge in [0.1, 0.15) is 12.4 Å². The Morgan fingerprint density at radius 2 is 2.02 bits per heavy atom. The van der Waals surface area contributed by atoms with Crippen molar-refractivity contribution in [1.82, 2.24) is 19.8 Å². The lowest BCUT2D eigenvalue weighted by atomic mass is 10.00. The van der Waals surface area contributed by atoms with Gasteiger partial charge in [0.05, 0.1) is 36.9 Å². The number of hydrogen-bond acceptors (Lipinski definition) is 9. The summed E-state index contributed by atoms with van der Waals surface area (Å²) in [6.45, 7) is 7.05. The maximum Gasteiger partial charge on any atom is 0.318 e. The molecule has 1 aromatic heterocycles. The molecule has 6 rings (SSSR count). The molecule has 1 amide bonds. The van der Waals surface area contributed by atoms with Crippen molar-refractivity contribution in [3.05, 3.63) is 53.0 Å². The average molecular weight is 576 g/mol. The first-order valence-electron chi connectivity index (χ1n) is 14.9. The molecule has 2 fully saturated rings. The lowest BCUT2D eigenvalue weighted by Gasteiger charge is -2.42. The van der Waals surface area contributed by atoms with Gasteiger partial charge in [-0.05, 0) is 57.3 Å². The Hall–Kier alpha value is -3.75. The van der Waals surface area contributed by atoms with Crippen molar-refractivity contribution < 1.29 is 19.0 Å². The van der Waals surface area contributed by atoms with E-state index >= 15 is 0 Å². The van der Waals surface area contributed by atoms with Crippen LogP contribution in [0.15, 0.2) is 30.6 Å². The van der Waals surface area contributed by atoms with Gasteiger partial charge in [-0.3, -0.25) is 4.79 Å². The third-order valence-corrected chi connectivity index (χ3v) is 9.24. The van der Waals surface area contributed by atoms with Gasteiger partial charge in [0, 0.05) is 49.0 Å². The summed E-state index contributed by atoms with van der Waals surface area (Å²) in [7, 11) is 2.10. The zero-order valence-electron chi connectivity index (χ0n) is 24.1. The topological polar surface area (TPSA) is 109 Å². The normalized spacial score (nSPS) is 23.9. The molecule has 1 N–H and O–H groups in total. The summed E-state index contributed by atoms with van der Waals surface area (Å²) in [6.07, 6.45) is 4.13. The highest BCUT2D eigenvalue weighted by Gasteiger charge is 2.35. The van der Waals surface area contributed by atoms with E-state index in [0.29, 0.717) is 44.7 Å². The predicted octanol–water partition coefficient (Wildman–Crippen LogP) is 2.91. The summed E-state index contributed by atoms with van der Waals surface area (Å²) in [5, 5.41) is 20.2. The van der Waals surface area contributed by atoms with E-state index in [1.807, 2.05) is 0 Å². The number of rotatable bonds is 7. The van der Waals surface area contributed by atoms with Crippen molar-refractivity contribution in [3.63, 3.8) is 0 Å². The van der Waals surface area contributed by atoms with Crippen LogP contribution < -0.4 is 14.5 Å². The van der Waals surface area contributed by atoms with E-state index in [4.69, 9.17) is 14.7 Å². The van der Waals surface area contributed by atoms with Crippen LogP contribution in [-0.2, 0) is 24.2 Å². The Labute approximate surface area is 246 Å². The fourth-order valence-electron chi connectivity index (χ4n) is 6.95. The number of piperazine rings is 1. The van der Waals surface area contributed by atoms with Gasteiger partial charge in [-0.2, -0.15) is 15.2 Å². The van der Waals surface area contributed by atoms with Crippen molar-refractivity contribution in [2.24, 2.45) is 0 Å². The number of anilines is 2. The predicted molar refractivity (Wildman–Crippen MR) is 156 cm³/mol. The van der Waals surface area contributed by atoms with E-state index in [2.05, 4.69) is 52.6 Å². The SMILES string of the molecule is C=C(F)C(=O)N1CCN(c2nc(OC[C@@H]3CCCN3C)nc3c2CCN(c2cccc4c2[C@@H](O)CC4)C3)C[C@@H]1CC#N. The molecule has 10 nitrogen and oxygen atoms in total. The van der Waals surface area contributed by atoms with E-state index < -0.39 is 23.9 Å². The molecule has 2 aromatic rings. The number of nitrogens with zero attached hydrogens (tertiary/aromatic N) is 7. The van der Waals surface area contributed by atoms with Crippen LogP contribution in [-0.4, -0.2) is 89.2 Å². The Kier molecular flexibility index (Phi) is 8.01. The molecule has 0 saturated carbocycles. The first-order chi connectivity index (χ1) is 20.3. The molecule has 0 spiro atoms. The smallest absolute Gasteiger partial charge is 0.318 e. The molecule has 222 valence electrons. The minimum Gasteiger partial charge on any atom is -0.462 e.